The number of primary amides is 1. The molecule has 2 heterocycles. The van der Waals surface area contributed by atoms with Crippen LogP contribution in [0, 0.1) is 6.92 Å². The van der Waals surface area contributed by atoms with Gasteiger partial charge in [-0.1, -0.05) is 90.4 Å². The fourth-order valence-corrected chi connectivity index (χ4v) is 6.36. The van der Waals surface area contributed by atoms with Gasteiger partial charge >= 0.3 is 7.60 Å². The first-order valence-corrected chi connectivity index (χ1v) is 19.2. The summed E-state index contributed by atoms with van der Waals surface area (Å²) in [7, 11) is -2.80. The van der Waals surface area contributed by atoms with Crippen molar-refractivity contribution >= 4 is 30.4 Å². The first-order valence-electron chi connectivity index (χ1n) is 17.5. The molecule has 48 heavy (non-hydrogen) atoms. The Balaban J connectivity index is 1.58. The van der Waals surface area contributed by atoms with Crippen LogP contribution < -0.4 is 11.5 Å². The van der Waals surface area contributed by atoms with Gasteiger partial charge in [0.15, 0.2) is 6.23 Å². The van der Waals surface area contributed by atoms with Gasteiger partial charge in [-0.05, 0) is 19.8 Å². The Morgan fingerprint density at radius 1 is 0.896 bits per heavy atom. The number of methoxy groups -OCH3 is 1. The van der Waals surface area contributed by atoms with Crippen LogP contribution in [0.2, 0.25) is 0 Å². The van der Waals surface area contributed by atoms with E-state index in [1.807, 2.05) is 0 Å². The van der Waals surface area contributed by atoms with Crippen LogP contribution in [0.3, 0.4) is 0 Å². The number of unbranched alkanes of at least 4 members (excludes halogenated alkanes) is 13. The minimum atomic E-state index is -4.08. The van der Waals surface area contributed by atoms with E-state index in [2.05, 4.69) is 16.9 Å². The Morgan fingerprint density at radius 3 is 2.02 bits per heavy atom. The Morgan fingerprint density at radius 2 is 1.46 bits per heavy atom. The number of amides is 1. The van der Waals surface area contributed by atoms with Gasteiger partial charge in [-0.25, -0.2) is 9.97 Å². The predicted octanol–water partition coefficient (Wildman–Crippen LogP) is 5.35. The van der Waals surface area contributed by atoms with Crippen LogP contribution in [-0.2, 0) is 23.3 Å². The zero-order valence-corrected chi connectivity index (χ0v) is 30.1. The van der Waals surface area contributed by atoms with Gasteiger partial charge in [0.05, 0.1) is 24.2 Å². The normalized spacial score (nSPS) is 15.0. The number of aliphatic hydroxyl groups is 2. The molecule has 0 saturated heterocycles. The summed E-state index contributed by atoms with van der Waals surface area (Å²) < 4.78 is 34.9. The quantitative estimate of drug-likeness (QED) is 0.0536. The summed E-state index contributed by atoms with van der Waals surface area (Å²) in [5.74, 6) is -0.547. The highest BCUT2D eigenvalue weighted by Gasteiger charge is 2.32. The van der Waals surface area contributed by atoms with Crippen molar-refractivity contribution in [2.75, 3.05) is 45.6 Å². The van der Waals surface area contributed by atoms with E-state index in [-0.39, 0.29) is 41.5 Å². The Bertz CT molecular complexity index is 1250. The van der Waals surface area contributed by atoms with Crippen molar-refractivity contribution in [2.45, 2.75) is 129 Å². The highest BCUT2D eigenvalue weighted by molar-refractivity contribution is 7.52. The minimum absolute atomic E-state index is 0.00588. The average Bonchev–Trinajstić information content (AvgIpc) is 3.43. The summed E-state index contributed by atoms with van der Waals surface area (Å²) in [4.78, 5) is 30.4. The maximum atomic E-state index is 12.4. The number of nitrogens with two attached hydrogens (primary N) is 2. The van der Waals surface area contributed by atoms with E-state index in [0.717, 1.165) is 17.4 Å². The molecular formula is C33H60N5O9P. The monoisotopic (exact) mass is 701 g/mol. The predicted molar refractivity (Wildman–Crippen MR) is 186 cm³/mol. The lowest BCUT2D eigenvalue weighted by atomic mass is 10.0. The van der Waals surface area contributed by atoms with E-state index < -0.39 is 38.3 Å². The molecule has 2 rings (SSSR count). The van der Waals surface area contributed by atoms with Crippen LogP contribution >= 0.6 is 7.60 Å². The van der Waals surface area contributed by atoms with Crippen LogP contribution in [0.5, 0.6) is 0 Å². The SMILES string of the molecule is CCCCCCCCCCCCCCCCOCCCOP(=O)(O)COCC(OC)[C@@H](O)[C@@H](O)n1cc(C(N)=O)c2c(N)nc(C)nc21. The molecule has 0 aliphatic carbocycles. The van der Waals surface area contributed by atoms with Crippen molar-refractivity contribution in [3.63, 3.8) is 0 Å². The number of carbonyl (C=O) groups is 1. The number of hydrogen-bond acceptors (Lipinski definition) is 11. The number of nitrogens with zero attached hydrogens (tertiary/aromatic N) is 3. The van der Waals surface area contributed by atoms with Crippen LogP contribution in [0.1, 0.15) is 126 Å². The minimum Gasteiger partial charge on any atom is -0.386 e. The van der Waals surface area contributed by atoms with Gasteiger partial charge in [-0.3, -0.25) is 9.36 Å². The molecule has 0 aliphatic rings. The van der Waals surface area contributed by atoms with E-state index in [1.165, 1.54) is 90.4 Å². The lowest BCUT2D eigenvalue weighted by molar-refractivity contribution is -0.122. The molecular weight excluding hydrogens is 641 g/mol. The molecule has 2 aromatic rings. The van der Waals surface area contributed by atoms with Crippen LogP contribution in [0.4, 0.5) is 5.82 Å². The fourth-order valence-electron chi connectivity index (χ4n) is 5.53. The molecule has 0 spiro atoms. The van der Waals surface area contributed by atoms with Crippen molar-refractivity contribution in [1.29, 1.82) is 0 Å². The van der Waals surface area contributed by atoms with Gasteiger partial charge in [0.1, 0.15) is 35.8 Å². The van der Waals surface area contributed by atoms with Crippen molar-refractivity contribution in [1.82, 2.24) is 14.5 Å². The topological polar surface area (TPSA) is 214 Å². The third-order valence-corrected chi connectivity index (χ3v) is 9.35. The number of nitrogen functional groups attached to an aromatic ring is 1. The molecule has 0 aliphatic heterocycles. The molecule has 4 atom stereocenters. The van der Waals surface area contributed by atoms with Gasteiger partial charge in [0, 0.05) is 26.5 Å². The molecule has 0 radical (unpaired) electrons. The summed E-state index contributed by atoms with van der Waals surface area (Å²) in [6.07, 6.45) is 14.9. The summed E-state index contributed by atoms with van der Waals surface area (Å²) in [6, 6.07) is 0. The largest absolute Gasteiger partial charge is 0.386 e. The van der Waals surface area contributed by atoms with Crippen molar-refractivity contribution in [2.24, 2.45) is 5.73 Å². The van der Waals surface area contributed by atoms with Gasteiger partial charge in [-0.15, -0.1) is 0 Å². The summed E-state index contributed by atoms with van der Waals surface area (Å²) >= 11 is 0. The number of aliphatic hydroxyl groups excluding tert-OH is 2. The van der Waals surface area contributed by atoms with Crippen LogP contribution in [0.25, 0.3) is 11.0 Å². The van der Waals surface area contributed by atoms with Gasteiger partial charge in [-0.2, -0.15) is 0 Å². The number of anilines is 1. The number of aryl methyl sites for hydroxylation is 1. The first kappa shape index (κ1) is 42.0. The second-order valence-electron chi connectivity index (χ2n) is 12.4. The molecule has 2 unspecified atom stereocenters. The molecule has 276 valence electrons. The van der Waals surface area contributed by atoms with E-state index in [9.17, 15) is 24.5 Å². The molecule has 7 N–H and O–H groups in total. The van der Waals surface area contributed by atoms with Crippen LogP contribution in [-0.4, -0.2) is 87.6 Å². The third-order valence-electron chi connectivity index (χ3n) is 8.26. The maximum absolute atomic E-state index is 12.4. The second kappa shape index (κ2) is 23.3. The summed E-state index contributed by atoms with van der Waals surface area (Å²) in [6.45, 7) is 4.60. The summed E-state index contributed by atoms with van der Waals surface area (Å²) in [5.41, 5.74) is 11.5. The summed E-state index contributed by atoms with van der Waals surface area (Å²) in [5, 5.41) is 21.9. The van der Waals surface area contributed by atoms with Gasteiger partial charge in [0.2, 0.25) is 0 Å². The van der Waals surface area contributed by atoms with Gasteiger partial charge < -0.3 is 49.9 Å². The average molecular weight is 702 g/mol. The standard InChI is InChI=1S/C33H60N5O9P/c1-4-5-6-7-8-9-10-11-12-13-14-15-16-17-19-45-20-18-21-47-48(42,43)24-46-23-27(44-3)29(39)33(41)38-22-26(31(35)40)28-30(34)36-25(2)37-32(28)38/h22,27,29,33,39,41H,4-21,23-24H2,1-3H3,(H2,35,40)(H,42,43)(H2,34,36,37)/t27?,29-,33-/m1/s1. The Hall–Kier alpha value is -2.16. The Kier molecular flexibility index (Phi) is 20.4. The molecule has 1 amide bonds. The van der Waals surface area contributed by atoms with E-state index in [1.54, 1.807) is 6.92 Å². The number of fused-ring (bicyclic) bond motifs is 1. The van der Waals surface area contributed by atoms with E-state index in [0.29, 0.717) is 19.6 Å². The fraction of sp³-hybridized carbons (Fsp3) is 0.788. The van der Waals surface area contributed by atoms with Crippen molar-refractivity contribution in [3.05, 3.63) is 17.6 Å². The smallest absolute Gasteiger partial charge is 0.353 e. The highest BCUT2D eigenvalue weighted by Crippen LogP contribution is 2.42. The number of aromatic nitrogens is 3. The molecule has 0 saturated carbocycles. The zero-order chi connectivity index (χ0) is 35.4. The first-order chi connectivity index (χ1) is 23.0. The molecule has 2 aromatic heterocycles. The molecule has 0 aromatic carbocycles. The lowest BCUT2D eigenvalue weighted by Crippen LogP contribution is -2.39. The van der Waals surface area contributed by atoms with Crippen molar-refractivity contribution in [3.8, 4) is 0 Å². The third kappa shape index (κ3) is 15.2. The lowest BCUT2D eigenvalue weighted by Gasteiger charge is -2.27. The second-order valence-corrected chi connectivity index (χ2v) is 14.2. The maximum Gasteiger partial charge on any atom is 0.353 e. The van der Waals surface area contributed by atoms with Crippen LogP contribution in [0.15, 0.2) is 6.20 Å². The van der Waals surface area contributed by atoms with E-state index >= 15 is 0 Å². The van der Waals surface area contributed by atoms with E-state index in [4.69, 9.17) is 30.2 Å². The molecule has 14 nitrogen and oxygen atoms in total. The molecule has 0 fully saturated rings. The number of ether oxygens (including phenoxy) is 3. The van der Waals surface area contributed by atoms with Crippen molar-refractivity contribution < 1.29 is 43.2 Å². The molecule has 0 bridgehead atoms. The number of rotatable bonds is 29. The molecule has 15 heteroatoms. The number of carbonyl (C=O) groups excluding carboxylic acids is 1. The zero-order valence-electron chi connectivity index (χ0n) is 29.2. The highest BCUT2D eigenvalue weighted by atomic mass is 31.2. The van der Waals surface area contributed by atoms with Gasteiger partial charge in [0.25, 0.3) is 5.91 Å². The number of hydrogen-bond donors (Lipinski definition) is 5. The Labute approximate surface area is 285 Å².